The largest absolute Gasteiger partial charge is 0.309 e. The first-order chi connectivity index (χ1) is 73.0. The van der Waals surface area contributed by atoms with Crippen molar-refractivity contribution in [3.8, 4) is 118 Å². The van der Waals surface area contributed by atoms with E-state index in [0.717, 1.165) is 62.0 Å². The molecular weight excluding hydrogens is 1780 g/mol. The summed E-state index contributed by atoms with van der Waals surface area (Å²) >= 11 is 0. The van der Waals surface area contributed by atoms with Crippen molar-refractivity contribution in [2.24, 2.45) is 0 Å². The van der Waals surface area contributed by atoms with E-state index in [2.05, 4.69) is 548 Å². The average Bonchev–Trinajstić information content (AvgIpc) is 1.70. The summed E-state index contributed by atoms with van der Waals surface area (Å²) in [6, 6.07) is 190. The lowest BCUT2D eigenvalue weighted by Crippen LogP contribution is -1.94. The number of hydrogen-bond acceptors (Lipinski definition) is 3. The van der Waals surface area contributed by atoms with E-state index in [-0.39, 0.29) is 0 Å². The quantitative estimate of drug-likeness (QED) is 0.115. The van der Waals surface area contributed by atoms with Crippen molar-refractivity contribution in [2.75, 3.05) is 0 Å². The summed E-state index contributed by atoms with van der Waals surface area (Å²) in [7, 11) is 0. The summed E-state index contributed by atoms with van der Waals surface area (Å²) in [6.45, 7) is 0. The van der Waals surface area contributed by atoms with Gasteiger partial charge in [0.2, 0.25) is 0 Å². The van der Waals surface area contributed by atoms with Crippen LogP contribution < -0.4 is 0 Å². The molecular formula is C141H90N6. The monoisotopic (exact) mass is 1870 g/mol. The van der Waals surface area contributed by atoms with E-state index in [1.165, 1.54) is 218 Å². The third-order valence-electron chi connectivity index (χ3n) is 30.0. The number of fused-ring (bicyclic) bond motifs is 18. The van der Waals surface area contributed by atoms with Gasteiger partial charge in [-0.1, -0.05) is 413 Å². The first-order valence-electron chi connectivity index (χ1n) is 50.4. The SMILES string of the molecule is c1ccc(-c2c3ccccc3c(-c3ccc(-c4ccc5c(c4)c4cc6ccccc6cc4n5-c4ccccc4)cn3)c3ccccc23)cc1.c1ccc(-c2c3ccccc3c(-c3ccc(-c4ccc5c6cc7ccccc7cc6n(-c6ccccc6)c5c4)cn3)c3ccccc23)cc1.c1ccc(-c2c3ccccc3c(-c3ccc(-c4cccc5c4c4cc6ccccc6cc4n5-c4ccccc4)cn3)c3ccccc23)cc1. The van der Waals surface area contributed by atoms with Gasteiger partial charge in [0.15, 0.2) is 0 Å². The highest BCUT2D eigenvalue weighted by molar-refractivity contribution is 6.26. The second kappa shape index (κ2) is 35.9. The maximum Gasteiger partial charge on any atom is 0.0714 e. The molecule has 684 valence electrons. The maximum absolute atomic E-state index is 5.22. The van der Waals surface area contributed by atoms with Crippen LogP contribution in [0.1, 0.15) is 0 Å². The standard InChI is InChI=1S/3C47H30N2/c1-3-14-31(15-4-1)45-37-20-9-11-22-39(37)46(40-23-12-10-21-38(40)45)42-27-26-34(30-48-42)36-24-13-25-43-47(36)41-28-32-16-7-8-17-33(32)29-44(41)49(43)35-18-5-2-6-19-35;1-3-13-31(14-4-1)46-37-19-9-11-21-39(37)47(40-22-12-10-20-38(40)46)43-25-23-35(30-48-43)34-24-26-44-41(28-34)42-27-32-15-7-8-16-33(32)29-45(42)49(44)36-17-5-2-6-18-36;1-3-13-31(14-4-1)46-38-19-9-11-21-40(38)47(41-22-12-10-20-39(41)46)43-26-24-35(30-48-43)34-23-25-37-42-27-32-15-7-8-16-33(32)28-45(42)49(44(37)29-34)36-17-5-2-6-18-36/h3*1-30H. The molecule has 0 aliphatic carbocycles. The van der Waals surface area contributed by atoms with Crippen molar-refractivity contribution in [2.45, 2.75) is 0 Å². The van der Waals surface area contributed by atoms with Crippen LogP contribution >= 0.6 is 0 Å². The zero-order valence-corrected chi connectivity index (χ0v) is 80.1. The van der Waals surface area contributed by atoms with Crippen molar-refractivity contribution in [3.63, 3.8) is 0 Å². The lowest BCUT2D eigenvalue weighted by molar-refractivity contribution is 1.18. The molecule has 0 radical (unpaired) electrons. The highest BCUT2D eigenvalue weighted by Gasteiger charge is 2.26. The van der Waals surface area contributed by atoms with Gasteiger partial charge in [-0.05, 0) is 262 Å². The molecule has 147 heavy (non-hydrogen) atoms. The Labute approximate surface area is 848 Å². The number of hydrogen-bond donors (Lipinski definition) is 0. The Bertz CT molecular complexity index is 10200. The van der Waals surface area contributed by atoms with Crippen molar-refractivity contribution in [3.05, 3.63) is 546 Å². The molecule has 0 unspecified atom stereocenters. The van der Waals surface area contributed by atoms with Crippen LogP contribution in [0, 0.1) is 0 Å². The molecule has 6 aromatic heterocycles. The fraction of sp³-hybridized carbons (Fsp3) is 0. The van der Waals surface area contributed by atoms with Gasteiger partial charge in [-0.15, -0.1) is 0 Å². The van der Waals surface area contributed by atoms with Crippen molar-refractivity contribution >= 4 is 162 Å². The molecule has 0 saturated carbocycles. The van der Waals surface area contributed by atoms with Gasteiger partial charge < -0.3 is 13.7 Å². The van der Waals surface area contributed by atoms with Gasteiger partial charge in [0.1, 0.15) is 0 Å². The van der Waals surface area contributed by atoms with E-state index >= 15 is 0 Å². The molecule has 0 amide bonds. The summed E-state index contributed by atoms with van der Waals surface area (Å²) in [4.78, 5) is 15.5. The Kier molecular flexibility index (Phi) is 20.9. The molecule has 30 rings (SSSR count). The predicted octanol–water partition coefficient (Wildman–Crippen LogP) is 37.9. The van der Waals surface area contributed by atoms with E-state index in [1.807, 2.05) is 12.4 Å². The minimum atomic E-state index is 0.973. The van der Waals surface area contributed by atoms with Gasteiger partial charge in [0.25, 0.3) is 0 Å². The minimum absolute atomic E-state index is 0.973. The van der Waals surface area contributed by atoms with E-state index in [0.29, 0.717) is 0 Å². The highest BCUT2D eigenvalue weighted by atomic mass is 15.0. The average molecular weight is 1870 g/mol. The Morgan fingerprint density at radius 2 is 0.388 bits per heavy atom. The maximum atomic E-state index is 5.22. The predicted molar refractivity (Wildman–Crippen MR) is 622 cm³/mol. The van der Waals surface area contributed by atoms with E-state index in [4.69, 9.17) is 15.0 Å². The lowest BCUT2D eigenvalue weighted by atomic mass is 9.87. The fourth-order valence-electron chi connectivity index (χ4n) is 23.4. The van der Waals surface area contributed by atoms with Crippen molar-refractivity contribution in [1.29, 1.82) is 0 Å². The van der Waals surface area contributed by atoms with E-state index in [1.54, 1.807) is 0 Å². The summed E-state index contributed by atoms with van der Waals surface area (Å²) in [5, 5.41) is 29.6. The van der Waals surface area contributed by atoms with Crippen LogP contribution in [0.25, 0.3) is 280 Å². The normalized spacial score (nSPS) is 11.7. The number of benzene rings is 24. The van der Waals surface area contributed by atoms with Gasteiger partial charge in [-0.25, -0.2) is 0 Å². The third-order valence-corrected chi connectivity index (χ3v) is 30.0. The second-order valence-corrected chi connectivity index (χ2v) is 38.2. The van der Waals surface area contributed by atoms with Crippen LogP contribution in [0.3, 0.4) is 0 Å². The van der Waals surface area contributed by atoms with E-state index < -0.39 is 0 Å². The minimum Gasteiger partial charge on any atom is -0.309 e. The molecule has 6 heteroatoms. The second-order valence-electron chi connectivity index (χ2n) is 38.2. The van der Waals surface area contributed by atoms with Crippen LogP contribution in [0.2, 0.25) is 0 Å². The zero-order chi connectivity index (χ0) is 96.9. The lowest BCUT2D eigenvalue weighted by Gasteiger charge is -2.17. The molecule has 0 atom stereocenters. The number of aromatic nitrogens is 6. The van der Waals surface area contributed by atoms with Gasteiger partial charge in [0, 0.05) is 101 Å². The van der Waals surface area contributed by atoms with Crippen LogP contribution in [0.4, 0.5) is 0 Å². The Morgan fingerprint density at radius 3 is 0.741 bits per heavy atom. The topological polar surface area (TPSA) is 53.5 Å². The molecule has 0 N–H and O–H groups in total. The summed E-state index contributed by atoms with van der Waals surface area (Å²) in [5.74, 6) is 0. The molecule has 0 saturated heterocycles. The van der Waals surface area contributed by atoms with Gasteiger partial charge >= 0.3 is 0 Å². The number of pyridine rings is 3. The summed E-state index contributed by atoms with van der Waals surface area (Å²) in [6.07, 6.45) is 6.14. The highest BCUT2D eigenvalue weighted by Crippen LogP contribution is 2.51. The molecule has 0 aliphatic heterocycles. The molecule has 0 bridgehead atoms. The van der Waals surface area contributed by atoms with Crippen LogP contribution in [0.15, 0.2) is 546 Å². The molecule has 6 nitrogen and oxygen atoms in total. The van der Waals surface area contributed by atoms with Gasteiger partial charge in [-0.3, -0.25) is 15.0 Å². The number of nitrogens with zero attached hydrogens (tertiary/aromatic N) is 6. The first kappa shape index (κ1) is 85.4. The smallest absolute Gasteiger partial charge is 0.0714 e. The molecule has 30 aromatic rings. The van der Waals surface area contributed by atoms with Crippen LogP contribution in [-0.4, -0.2) is 28.7 Å². The molecule has 0 spiro atoms. The van der Waals surface area contributed by atoms with Crippen molar-refractivity contribution in [1.82, 2.24) is 28.7 Å². The van der Waals surface area contributed by atoms with Gasteiger partial charge in [0.05, 0.1) is 50.2 Å². The molecule has 6 heterocycles. The van der Waals surface area contributed by atoms with Crippen LogP contribution in [0.5, 0.6) is 0 Å². The zero-order valence-electron chi connectivity index (χ0n) is 80.1. The summed E-state index contributed by atoms with van der Waals surface area (Å²) < 4.78 is 7.18. The van der Waals surface area contributed by atoms with E-state index in [9.17, 15) is 0 Å². The molecule has 24 aromatic carbocycles. The Hall–Kier alpha value is -19.5. The molecule has 0 fully saturated rings. The van der Waals surface area contributed by atoms with Crippen molar-refractivity contribution < 1.29 is 0 Å². The van der Waals surface area contributed by atoms with Crippen LogP contribution in [-0.2, 0) is 0 Å². The number of rotatable bonds is 12. The fourth-order valence-corrected chi connectivity index (χ4v) is 23.4. The Morgan fingerprint density at radius 1 is 0.129 bits per heavy atom. The summed E-state index contributed by atoms with van der Waals surface area (Å²) in [5.41, 5.74) is 31.3. The first-order valence-corrected chi connectivity index (χ1v) is 50.4. The number of para-hydroxylation sites is 3. The molecule has 0 aliphatic rings. The van der Waals surface area contributed by atoms with Gasteiger partial charge in [-0.2, -0.15) is 0 Å². The Balaban J connectivity index is 0.000000107. The third kappa shape index (κ3) is 14.7.